The molecule has 0 aliphatic carbocycles. The molecule has 6 nitrogen and oxygen atoms in total. The summed E-state index contributed by atoms with van der Waals surface area (Å²) in [5.74, 6) is 1.47. The predicted octanol–water partition coefficient (Wildman–Crippen LogP) is 3.21. The minimum Gasteiger partial charge on any atom is -0.348 e. The maximum Gasteiger partial charge on any atom is 0.236 e. The second-order valence-electron chi connectivity index (χ2n) is 10.5. The lowest BCUT2D eigenvalue weighted by atomic mass is 9.92. The highest BCUT2D eigenvalue weighted by Crippen LogP contribution is 2.21. The Kier molecular flexibility index (Phi) is 8.94. The highest BCUT2D eigenvalue weighted by molar-refractivity contribution is 5.79. The number of hydrogen-bond acceptors (Lipinski definition) is 4. The number of carbonyl (C=O) groups excluding carboxylic acids is 2. The fourth-order valence-electron chi connectivity index (χ4n) is 5.49. The van der Waals surface area contributed by atoms with Gasteiger partial charge in [0.1, 0.15) is 0 Å². The molecule has 3 atom stereocenters. The van der Waals surface area contributed by atoms with Crippen molar-refractivity contribution >= 4 is 11.8 Å². The van der Waals surface area contributed by atoms with E-state index in [2.05, 4.69) is 58.1 Å². The molecule has 2 amide bonds. The maximum absolute atomic E-state index is 13.0. The van der Waals surface area contributed by atoms with Crippen LogP contribution >= 0.6 is 0 Å². The summed E-state index contributed by atoms with van der Waals surface area (Å²) < 4.78 is 0. The van der Waals surface area contributed by atoms with Crippen molar-refractivity contribution in [3.63, 3.8) is 0 Å². The minimum absolute atomic E-state index is 0.0515. The first-order valence-electron chi connectivity index (χ1n) is 13.1. The molecule has 188 valence electrons. The number of piperazine rings is 1. The topological polar surface area (TPSA) is 55.9 Å². The van der Waals surface area contributed by atoms with Crippen molar-refractivity contribution in [1.29, 1.82) is 0 Å². The Balaban J connectivity index is 1.25. The standard InChI is InChI=1S/C29H40N4O2/c1-23-17-24(2)20-33(19-23)29(35)22-32-15-13-31(14-16-32)21-28(34)30-27(26-11-7-4-8-12-26)18-25-9-5-3-6-10-25/h3-12,23-24,27H,13-22H2,1-2H3,(H,30,34). The third kappa shape index (κ3) is 7.64. The number of benzene rings is 2. The lowest BCUT2D eigenvalue weighted by Crippen LogP contribution is -2.53. The lowest BCUT2D eigenvalue weighted by Gasteiger charge is -2.38. The molecule has 6 heteroatoms. The Hall–Kier alpha value is -2.70. The fraction of sp³-hybridized carbons (Fsp3) is 0.517. The normalized spacial score (nSPS) is 22.5. The van der Waals surface area contributed by atoms with E-state index in [1.54, 1.807) is 0 Å². The van der Waals surface area contributed by atoms with Gasteiger partial charge in [-0.2, -0.15) is 0 Å². The third-order valence-electron chi connectivity index (χ3n) is 7.23. The zero-order valence-electron chi connectivity index (χ0n) is 21.2. The van der Waals surface area contributed by atoms with Crippen LogP contribution in [0.1, 0.15) is 37.4 Å². The van der Waals surface area contributed by atoms with Gasteiger partial charge in [0.2, 0.25) is 11.8 Å². The highest BCUT2D eigenvalue weighted by atomic mass is 16.2. The van der Waals surface area contributed by atoms with E-state index in [0.29, 0.717) is 24.9 Å². The van der Waals surface area contributed by atoms with E-state index in [1.165, 1.54) is 12.0 Å². The second-order valence-corrected chi connectivity index (χ2v) is 10.5. The van der Waals surface area contributed by atoms with Gasteiger partial charge in [0.05, 0.1) is 19.1 Å². The van der Waals surface area contributed by atoms with Crippen molar-refractivity contribution in [1.82, 2.24) is 20.0 Å². The summed E-state index contributed by atoms with van der Waals surface area (Å²) in [7, 11) is 0. The average molecular weight is 477 g/mol. The number of hydrogen-bond donors (Lipinski definition) is 1. The summed E-state index contributed by atoms with van der Waals surface area (Å²) in [6.07, 6.45) is 1.97. The SMILES string of the molecule is CC1CC(C)CN(C(=O)CN2CCN(CC(=O)NC(Cc3ccccc3)c3ccccc3)CC2)C1. The van der Waals surface area contributed by atoms with Gasteiger partial charge in [-0.05, 0) is 35.8 Å². The van der Waals surface area contributed by atoms with Gasteiger partial charge >= 0.3 is 0 Å². The number of nitrogens with zero attached hydrogens (tertiary/aromatic N) is 3. The van der Waals surface area contributed by atoms with Gasteiger partial charge in [-0.25, -0.2) is 0 Å². The van der Waals surface area contributed by atoms with Crippen molar-refractivity contribution in [2.75, 3.05) is 52.4 Å². The van der Waals surface area contributed by atoms with Gasteiger partial charge < -0.3 is 10.2 Å². The Morgan fingerprint density at radius 2 is 1.37 bits per heavy atom. The summed E-state index contributed by atoms with van der Waals surface area (Å²) in [5, 5.41) is 3.27. The molecule has 2 aromatic carbocycles. The van der Waals surface area contributed by atoms with E-state index in [-0.39, 0.29) is 17.9 Å². The monoisotopic (exact) mass is 476 g/mol. The Morgan fingerprint density at radius 1 is 0.829 bits per heavy atom. The second kappa shape index (κ2) is 12.3. The van der Waals surface area contributed by atoms with Crippen LogP contribution in [0, 0.1) is 11.8 Å². The van der Waals surface area contributed by atoms with Crippen molar-refractivity contribution in [3.05, 3.63) is 71.8 Å². The lowest BCUT2D eigenvalue weighted by molar-refractivity contribution is -0.136. The fourth-order valence-corrected chi connectivity index (χ4v) is 5.49. The first kappa shape index (κ1) is 25.4. The number of piperidine rings is 1. The number of carbonyl (C=O) groups is 2. The first-order chi connectivity index (χ1) is 17.0. The summed E-state index contributed by atoms with van der Waals surface area (Å²) in [6, 6.07) is 20.4. The molecule has 0 saturated carbocycles. The van der Waals surface area contributed by atoms with Gasteiger partial charge in [0.25, 0.3) is 0 Å². The predicted molar refractivity (Wildman–Crippen MR) is 140 cm³/mol. The number of rotatable bonds is 8. The number of amides is 2. The Labute approximate surface area is 210 Å². The van der Waals surface area contributed by atoms with Crippen LogP contribution in [0.5, 0.6) is 0 Å². The molecule has 0 bridgehead atoms. The molecule has 2 heterocycles. The quantitative estimate of drug-likeness (QED) is 0.636. The maximum atomic E-state index is 13.0. The van der Waals surface area contributed by atoms with Crippen molar-refractivity contribution in [2.45, 2.75) is 32.7 Å². The molecule has 35 heavy (non-hydrogen) atoms. The van der Waals surface area contributed by atoms with Crippen LogP contribution in [-0.2, 0) is 16.0 Å². The number of nitrogens with one attached hydrogen (secondary N) is 1. The Morgan fingerprint density at radius 3 is 1.97 bits per heavy atom. The van der Waals surface area contributed by atoms with E-state index in [4.69, 9.17) is 0 Å². The molecular formula is C29H40N4O2. The Bertz CT molecular complexity index is 934. The molecule has 2 aliphatic rings. The first-order valence-corrected chi connectivity index (χ1v) is 13.1. The molecule has 4 rings (SSSR count). The average Bonchev–Trinajstić information content (AvgIpc) is 2.85. The number of likely N-dealkylation sites (tertiary alicyclic amines) is 1. The van der Waals surface area contributed by atoms with Gasteiger partial charge in [-0.1, -0.05) is 74.5 Å². The van der Waals surface area contributed by atoms with Crippen LogP contribution in [0.3, 0.4) is 0 Å². The molecular weight excluding hydrogens is 436 g/mol. The molecule has 0 radical (unpaired) electrons. The summed E-state index contributed by atoms with van der Waals surface area (Å²) in [5.41, 5.74) is 2.33. The van der Waals surface area contributed by atoms with Crippen LogP contribution in [0.25, 0.3) is 0 Å². The minimum atomic E-state index is -0.0562. The smallest absolute Gasteiger partial charge is 0.236 e. The van der Waals surface area contributed by atoms with E-state index in [1.807, 2.05) is 36.4 Å². The van der Waals surface area contributed by atoms with E-state index in [0.717, 1.165) is 51.3 Å². The largest absolute Gasteiger partial charge is 0.348 e. The van der Waals surface area contributed by atoms with Gasteiger partial charge in [-0.3, -0.25) is 19.4 Å². The van der Waals surface area contributed by atoms with Crippen LogP contribution in [0.2, 0.25) is 0 Å². The van der Waals surface area contributed by atoms with Gasteiger partial charge in [-0.15, -0.1) is 0 Å². The van der Waals surface area contributed by atoms with Crippen molar-refractivity contribution in [2.24, 2.45) is 11.8 Å². The highest BCUT2D eigenvalue weighted by Gasteiger charge is 2.28. The van der Waals surface area contributed by atoms with Crippen LogP contribution in [0.15, 0.2) is 60.7 Å². The summed E-state index contributed by atoms with van der Waals surface area (Å²) in [6.45, 7) is 10.4. The van der Waals surface area contributed by atoms with Crippen molar-refractivity contribution in [3.8, 4) is 0 Å². The molecule has 2 aromatic rings. The summed E-state index contributed by atoms with van der Waals surface area (Å²) >= 11 is 0. The van der Waals surface area contributed by atoms with E-state index in [9.17, 15) is 9.59 Å². The van der Waals surface area contributed by atoms with E-state index < -0.39 is 0 Å². The van der Waals surface area contributed by atoms with Crippen LogP contribution in [0.4, 0.5) is 0 Å². The van der Waals surface area contributed by atoms with Crippen molar-refractivity contribution < 1.29 is 9.59 Å². The summed E-state index contributed by atoms with van der Waals surface area (Å²) in [4.78, 5) is 32.3. The van der Waals surface area contributed by atoms with Crippen LogP contribution < -0.4 is 5.32 Å². The zero-order chi connectivity index (χ0) is 24.6. The molecule has 2 aliphatic heterocycles. The van der Waals surface area contributed by atoms with Crippen LogP contribution in [-0.4, -0.2) is 78.9 Å². The molecule has 3 unspecified atom stereocenters. The van der Waals surface area contributed by atoms with Gasteiger partial charge in [0.15, 0.2) is 0 Å². The molecule has 2 fully saturated rings. The van der Waals surface area contributed by atoms with E-state index >= 15 is 0 Å². The third-order valence-corrected chi connectivity index (χ3v) is 7.23. The zero-order valence-corrected chi connectivity index (χ0v) is 21.2. The van der Waals surface area contributed by atoms with Gasteiger partial charge in [0, 0.05) is 39.3 Å². The molecule has 0 aromatic heterocycles. The molecule has 2 saturated heterocycles. The molecule has 1 N–H and O–H groups in total. The molecule has 0 spiro atoms.